The van der Waals surface area contributed by atoms with E-state index in [4.69, 9.17) is 0 Å². The summed E-state index contributed by atoms with van der Waals surface area (Å²) in [7, 11) is 2.23. The Bertz CT molecular complexity index is 182. The molecule has 0 amide bonds. The fourth-order valence-corrected chi connectivity index (χ4v) is 2.49. The van der Waals surface area contributed by atoms with E-state index in [1.54, 1.807) is 0 Å². The van der Waals surface area contributed by atoms with Crippen LogP contribution in [0.2, 0.25) is 0 Å². The molecule has 1 N–H and O–H groups in total. The third-order valence-electron chi connectivity index (χ3n) is 3.59. The summed E-state index contributed by atoms with van der Waals surface area (Å²) in [6.07, 6.45) is 2.53. The van der Waals surface area contributed by atoms with Crippen molar-refractivity contribution in [1.29, 1.82) is 0 Å². The zero-order valence-electron chi connectivity index (χ0n) is 10.4. The molecule has 0 spiro atoms. The lowest BCUT2D eigenvalue weighted by Gasteiger charge is -2.32. The molecule has 15 heavy (non-hydrogen) atoms. The van der Waals surface area contributed by atoms with Gasteiger partial charge in [-0.25, -0.2) is 0 Å². The van der Waals surface area contributed by atoms with Gasteiger partial charge in [0, 0.05) is 13.1 Å². The second kappa shape index (κ2) is 6.12. The van der Waals surface area contributed by atoms with Crippen LogP contribution >= 0.6 is 12.6 Å². The molecule has 0 radical (unpaired) electrons. The zero-order valence-corrected chi connectivity index (χ0v) is 11.3. The summed E-state index contributed by atoms with van der Waals surface area (Å²) in [6, 6.07) is 0. The van der Waals surface area contributed by atoms with Crippen molar-refractivity contribution >= 4 is 12.6 Å². The third-order valence-corrected chi connectivity index (χ3v) is 3.91. The van der Waals surface area contributed by atoms with Crippen LogP contribution in [-0.4, -0.2) is 43.9 Å². The van der Waals surface area contributed by atoms with Crippen LogP contribution in [0.3, 0.4) is 0 Å². The number of rotatable bonds is 6. The van der Waals surface area contributed by atoms with E-state index in [2.05, 4.69) is 43.7 Å². The van der Waals surface area contributed by atoms with Gasteiger partial charge in [0.1, 0.15) is 0 Å². The van der Waals surface area contributed by atoms with E-state index in [0.717, 1.165) is 24.8 Å². The molecule has 1 unspecified atom stereocenters. The molecule has 1 rings (SSSR count). The van der Waals surface area contributed by atoms with Gasteiger partial charge in [-0.2, -0.15) is 12.6 Å². The quantitative estimate of drug-likeness (QED) is 0.535. The topological polar surface area (TPSA) is 15.3 Å². The first-order chi connectivity index (χ1) is 7.06. The van der Waals surface area contributed by atoms with Gasteiger partial charge in [-0.3, -0.25) is 0 Å². The van der Waals surface area contributed by atoms with Crippen LogP contribution in [-0.2, 0) is 0 Å². The summed E-state index contributed by atoms with van der Waals surface area (Å²) >= 11 is 4.22. The van der Waals surface area contributed by atoms with E-state index in [1.165, 1.54) is 25.9 Å². The maximum absolute atomic E-state index is 4.22. The van der Waals surface area contributed by atoms with Crippen molar-refractivity contribution in [3.8, 4) is 0 Å². The van der Waals surface area contributed by atoms with E-state index >= 15 is 0 Å². The lowest BCUT2D eigenvalue weighted by molar-refractivity contribution is 0.207. The summed E-state index contributed by atoms with van der Waals surface area (Å²) < 4.78 is 0. The highest BCUT2D eigenvalue weighted by Gasteiger charge is 2.33. The SMILES string of the molecule is CN1CCC(C(C)(C)CNCCCS)C1. The normalized spacial score (nSPS) is 23.6. The third kappa shape index (κ3) is 4.33. The number of hydrogen-bond acceptors (Lipinski definition) is 3. The highest BCUT2D eigenvalue weighted by molar-refractivity contribution is 7.80. The maximum atomic E-state index is 4.22. The largest absolute Gasteiger partial charge is 0.316 e. The second-order valence-electron chi connectivity index (χ2n) is 5.49. The predicted octanol–water partition coefficient (Wildman–Crippen LogP) is 1.87. The highest BCUT2D eigenvalue weighted by atomic mass is 32.1. The Morgan fingerprint density at radius 3 is 2.73 bits per heavy atom. The van der Waals surface area contributed by atoms with Crippen LogP contribution in [0.4, 0.5) is 0 Å². The first kappa shape index (κ1) is 13.3. The van der Waals surface area contributed by atoms with Gasteiger partial charge in [-0.15, -0.1) is 0 Å². The average molecular weight is 230 g/mol. The van der Waals surface area contributed by atoms with Crippen molar-refractivity contribution < 1.29 is 0 Å². The number of nitrogens with one attached hydrogen (secondary N) is 1. The summed E-state index contributed by atoms with van der Waals surface area (Å²) in [6.45, 7) is 9.57. The van der Waals surface area contributed by atoms with Crippen LogP contribution in [0.25, 0.3) is 0 Å². The predicted molar refractivity (Wildman–Crippen MR) is 70.7 cm³/mol. The Kier molecular flexibility index (Phi) is 5.44. The van der Waals surface area contributed by atoms with Crippen LogP contribution in [0.15, 0.2) is 0 Å². The molecule has 0 aromatic heterocycles. The van der Waals surface area contributed by atoms with E-state index in [0.29, 0.717) is 5.41 Å². The Hall–Kier alpha value is 0.270. The minimum Gasteiger partial charge on any atom is -0.316 e. The second-order valence-corrected chi connectivity index (χ2v) is 5.94. The Morgan fingerprint density at radius 2 is 2.20 bits per heavy atom. The molecule has 1 aliphatic heterocycles. The van der Waals surface area contributed by atoms with Crippen LogP contribution in [0.5, 0.6) is 0 Å². The van der Waals surface area contributed by atoms with Gasteiger partial charge in [0.05, 0.1) is 0 Å². The molecular formula is C12H26N2S. The molecule has 2 nitrogen and oxygen atoms in total. The van der Waals surface area contributed by atoms with E-state index in [-0.39, 0.29) is 0 Å². The van der Waals surface area contributed by atoms with Crippen LogP contribution in [0, 0.1) is 11.3 Å². The van der Waals surface area contributed by atoms with E-state index in [1.807, 2.05) is 0 Å². The lowest BCUT2D eigenvalue weighted by atomic mass is 9.78. The Balaban J connectivity index is 2.25. The number of likely N-dealkylation sites (tertiary alicyclic amines) is 1. The van der Waals surface area contributed by atoms with Crippen molar-refractivity contribution in [2.75, 3.05) is 39.0 Å². The van der Waals surface area contributed by atoms with E-state index < -0.39 is 0 Å². The monoisotopic (exact) mass is 230 g/mol. The minimum absolute atomic E-state index is 0.432. The summed E-state index contributed by atoms with van der Waals surface area (Å²) in [4.78, 5) is 2.44. The maximum Gasteiger partial charge on any atom is 0.00127 e. The van der Waals surface area contributed by atoms with Gasteiger partial charge in [-0.05, 0) is 50.1 Å². The smallest absolute Gasteiger partial charge is 0.00127 e. The molecule has 1 saturated heterocycles. The molecule has 0 bridgehead atoms. The van der Waals surface area contributed by atoms with Gasteiger partial charge in [0.2, 0.25) is 0 Å². The molecule has 1 heterocycles. The number of hydrogen-bond donors (Lipinski definition) is 2. The molecular weight excluding hydrogens is 204 g/mol. The van der Waals surface area contributed by atoms with Gasteiger partial charge >= 0.3 is 0 Å². The molecule has 0 aliphatic carbocycles. The summed E-state index contributed by atoms with van der Waals surface area (Å²) in [5, 5.41) is 3.55. The van der Waals surface area contributed by atoms with Crippen molar-refractivity contribution in [3.63, 3.8) is 0 Å². The first-order valence-electron chi connectivity index (χ1n) is 6.06. The molecule has 90 valence electrons. The Morgan fingerprint density at radius 1 is 1.47 bits per heavy atom. The minimum atomic E-state index is 0.432. The molecule has 0 aromatic rings. The van der Waals surface area contributed by atoms with Gasteiger partial charge in [0.25, 0.3) is 0 Å². The standard InChI is InChI=1S/C12H26N2S/c1-12(2,10-13-6-4-8-15)11-5-7-14(3)9-11/h11,13,15H,4-10H2,1-3H3. The zero-order chi connectivity index (χ0) is 11.3. The molecule has 1 aliphatic rings. The average Bonchev–Trinajstić information content (AvgIpc) is 2.60. The molecule has 0 saturated carbocycles. The molecule has 0 aromatic carbocycles. The van der Waals surface area contributed by atoms with E-state index in [9.17, 15) is 0 Å². The van der Waals surface area contributed by atoms with Crippen molar-refractivity contribution in [2.24, 2.45) is 11.3 Å². The molecule has 3 heteroatoms. The lowest BCUT2D eigenvalue weighted by Crippen LogP contribution is -2.37. The molecule has 1 fully saturated rings. The van der Waals surface area contributed by atoms with Gasteiger partial charge in [-0.1, -0.05) is 13.8 Å². The number of nitrogens with zero attached hydrogens (tertiary/aromatic N) is 1. The molecule has 1 atom stereocenters. The summed E-state index contributed by atoms with van der Waals surface area (Å²) in [5.74, 6) is 1.84. The van der Waals surface area contributed by atoms with Gasteiger partial charge in [0.15, 0.2) is 0 Å². The van der Waals surface area contributed by atoms with Crippen LogP contribution in [0.1, 0.15) is 26.7 Å². The van der Waals surface area contributed by atoms with Gasteiger partial charge < -0.3 is 10.2 Å². The highest BCUT2D eigenvalue weighted by Crippen LogP contribution is 2.32. The van der Waals surface area contributed by atoms with Crippen molar-refractivity contribution in [1.82, 2.24) is 10.2 Å². The van der Waals surface area contributed by atoms with Crippen molar-refractivity contribution in [2.45, 2.75) is 26.7 Å². The number of thiol groups is 1. The fourth-order valence-electron chi connectivity index (χ4n) is 2.33. The van der Waals surface area contributed by atoms with Crippen molar-refractivity contribution in [3.05, 3.63) is 0 Å². The first-order valence-corrected chi connectivity index (χ1v) is 6.69. The summed E-state index contributed by atoms with van der Waals surface area (Å²) in [5.41, 5.74) is 0.432. The fraction of sp³-hybridized carbons (Fsp3) is 1.00. The van der Waals surface area contributed by atoms with Crippen LogP contribution < -0.4 is 5.32 Å². The Labute approximate surface area is 100 Å².